The summed E-state index contributed by atoms with van der Waals surface area (Å²) in [5.74, 6) is 0.949. The summed E-state index contributed by atoms with van der Waals surface area (Å²) in [5.41, 5.74) is 0.982. The average Bonchev–Trinajstić information content (AvgIpc) is 2.85. The van der Waals surface area contributed by atoms with E-state index in [1.807, 2.05) is 6.07 Å². The van der Waals surface area contributed by atoms with Crippen LogP contribution in [0, 0.1) is 0 Å². The number of likely N-dealkylation sites (tertiary alicyclic amines) is 1. The van der Waals surface area contributed by atoms with Crippen molar-refractivity contribution in [1.82, 2.24) is 15.4 Å². The molecule has 1 fully saturated rings. The lowest BCUT2D eigenvalue weighted by Gasteiger charge is -2.31. The van der Waals surface area contributed by atoms with Crippen molar-refractivity contribution < 1.29 is 9.26 Å². The van der Waals surface area contributed by atoms with E-state index in [0.717, 1.165) is 50.8 Å². The predicted molar refractivity (Wildman–Crippen MR) is 73.8 cm³/mol. The first-order chi connectivity index (χ1) is 9.31. The molecule has 108 valence electrons. The molecule has 0 saturated carbocycles. The zero-order valence-electron chi connectivity index (χ0n) is 12.0. The number of aromatic nitrogens is 1. The van der Waals surface area contributed by atoms with Gasteiger partial charge in [0, 0.05) is 25.8 Å². The van der Waals surface area contributed by atoms with E-state index in [9.17, 15) is 0 Å². The van der Waals surface area contributed by atoms with Crippen molar-refractivity contribution in [2.75, 3.05) is 26.2 Å². The Balaban J connectivity index is 1.81. The van der Waals surface area contributed by atoms with E-state index in [1.54, 1.807) is 0 Å². The number of nitrogens with zero attached hydrogens (tertiary/aromatic N) is 2. The van der Waals surface area contributed by atoms with Crippen molar-refractivity contribution in [2.45, 2.75) is 45.9 Å². The largest absolute Gasteiger partial charge is 0.377 e. The third-order valence-corrected chi connectivity index (χ3v) is 3.41. The molecule has 2 rings (SSSR count). The van der Waals surface area contributed by atoms with Crippen LogP contribution >= 0.6 is 0 Å². The van der Waals surface area contributed by atoms with Crippen LogP contribution in [0.2, 0.25) is 0 Å². The maximum absolute atomic E-state index is 5.71. The minimum absolute atomic E-state index is 0.378. The fraction of sp³-hybridized carbons (Fsp3) is 0.786. The Kier molecular flexibility index (Phi) is 5.82. The molecule has 1 aliphatic rings. The number of piperidine rings is 1. The number of nitrogens with one attached hydrogen (secondary N) is 1. The van der Waals surface area contributed by atoms with Gasteiger partial charge < -0.3 is 14.6 Å². The highest BCUT2D eigenvalue weighted by Crippen LogP contribution is 2.16. The van der Waals surface area contributed by atoms with Crippen LogP contribution in [0.15, 0.2) is 10.6 Å². The molecular weight excluding hydrogens is 242 g/mol. The summed E-state index contributed by atoms with van der Waals surface area (Å²) in [6, 6.07) is 2.05. The zero-order valence-corrected chi connectivity index (χ0v) is 12.0. The van der Waals surface area contributed by atoms with E-state index in [-0.39, 0.29) is 0 Å². The molecule has 0 amide bonds. The summed E-state index contributed by atoms with van der Waals surface area (Å²) in [5, 5.41) is 7.33. The summed E-state index contributed by atoms with van der Waals surface area (Å²) in [6.07, 6.45) is 2.75. The van der Waals surface area contributed by atoms with Gasteiger partial charge in [0.1, 0.15) is 0 Å². The second-order valence-electron chi connectivity index (χ2n) is 5.02. The van der Waals surface area contributed by atoms with Crippen LogP contribution in [0.25, 0.3) is 0 Å². The molecule has 1 aromatic rings. The van der Waals surface area contributed by atoms with Gasteiger partial charge in [-0.15, -0.1) is 0 Å². The van der Waals surface area contributed by atoms with Gasteiger partial charge in [-0.3, -0.25) is 4.90 Å². The molecule has 1 aliphatic heterocycles. The van der Waals surface area contributed by atoms with Crippen LogP contribution in [0.3, 0.4) is 0 Å². The minimum Gasteiger partial charge on any atom is -0.377 e. The summed E-state index contributed by atoms with van der Waals surface area (Å²) in [6.45, 7) is 9.62. The SMILES string of the molecule is CCNCc1cc(CN2CCCC(OCC)C2)on1. The molecule has 2 heterocycles. The fourth-order valence-electron chi connectivity index (χ4n) is 2.52. The smallest absolute Gasteiger partial charge is 0.151 e. The van der Waals surface area contributed by atoms with Crippen LogP contribution < -0.4 is 5.32 Å². The maximum Gasteiger partial charge on any atom is 0.151 e. The van der Waals surface area contributed by atoms with Gasteiger partial charge in [-0.25, -0.2) is 0 Å². The Morgan fingerprint density at radius 2 is 2.42 bits per heavy atom. The molecule has 5 nitrogen and oxygen atoms in total. The highest BCUT2D eigenvalue weighted by atomic mass is 16.5. The normalized spacial score (nSPS) is 20.8. The minimum atomic E-state index is 0.378. The maximum atomic E-state index is 5.71. The van der Waals surface area contributed by atoms with E-state index in [0.29, 0.717) is 6.10 Å². The molecule has 0 spiro atoms. The van der Waals surface area contributed by atoms with E-state index >= 15 is 0 Å². The highest BCUT2D eigenvalue weighted by Gasteiger charge is 2.21. The van der Waals surface area contributed by atoms with Gasteiger partial charge in [-0.1, -0.05) is 12.1 Å². The average molecular weight is 267 g/mol. The Morgan fingerprint density at radius 1 is 1.53 bits per heavy atom. The molecule has 1 atom stereocenters. The van der Waals surface area contributed by atoms with Gasteiger partial charge >= 0.3 is 0 Å². The van der Waals surface area contributed by atoms with Crippen LogP contribution in [0.1, 0.15) is 38.1 Å². The lowest BCUT2D eigenvalue weighted by Crippen LogP contribution is -2.39. The Bertz CT molecular complexity index is 365. The number of ether oxygens (including phenoxy) is 1. The van der Waals surface area contributed by atoms with E-state index in [2.05, 4.69) is 29.2 Å². The Morgan fingerprint density at radius 3 is 3.21 bits per heavy atom. The van der Waals surface area contributed by atoms with E-state index in [1.165, 1.54) is 12.8 Å². The molecule has 0 radical (unpaired) electrons. The Hall–Kier alpha value is -0.910. The van der Waals surface area contributed by atoms with Gasteiger partial charge in [-0.2, -0.15) is 0 Å². The van der Waals surface area contributed by atoms with Crippen LogP contribution in [0.5, 0.6) is 0 Å². The van der Waals surface area contributed by atoms with Crippen LogP contribution in [0.4, 0.5) is 0 Å². The number of rotatable bonds is 7. The van der Waals surface area contributed by atoms with Crippen molar-refractivity contribution in [3.8, 4) is 0 Å². The third kappa shape index (κ3) is 4.60. The topological polar surface area (TPSA) is 50.5 Å². The van der Waals surface area contributed by atoms with Gasteiger partial charge in [-0.05, 0) is 32.9 Å². The van der Waals surface area contributed by atoms with Gasteiger partial charge in [0.25, 0.3) is 0 Å². The van der Waals surface area contributed by atoms with Crippen LogP contribution in [-0.4, -0.2) is 42.4 Å². The molecule has 5 heteroatoms. The lowest BCUT2D eigenvalue weighted by molar-refractivity contribution is 0.00156. The molecule has 1 saturated heterocycles. The van der Waals surface area contributed by atoms with E-state index in [4.69, 9.17) is 9.26 Å². The Labute approximate surface area is 115 Å². The lowest BCUT2D eigenvalue weighted by atomic mass is 10.1. The number of hydrogen-bond donors (Lipinski definition) is 1. The van der Waals surface area contributed by atoms with E-state index < -0.39 is 0 Å². The quantitative estimate of drug-likeness (QED) is 0.816. The molecule has 19 heavy (non-hydrogen) atoms. The van der Waals surface area contributed by atoms with Crippen molar-refractivity contribution in [3.63, 3.8) is 0 Å². The first-order valence-electron chi connectivity index (χ1n) is 7.31. The van der Waals surface area contributed by atoms with Gasteiger partial charge in [0.15, 0.2) is 5.76 Å². The number of hydrogen-bond acceptors (Lipinski definition) is 5. The van der Waals surface area contributed by atoms with Crippen molar-refractivity contribution in [1.29, 1.82) is 0 Å². The third-order valence-electron chi connectivity index (χ3n) is 3.41. The molecular formula is C14H25N3O2. The molecule has 0 aliphatic carbocycles. The molecule has 1 unspecified atom stereocenters. The molecule has 0 aromatic carbocycles. The monoisotopic (exact) mass is 267 g/mol. The summed E-state index contributed by atoms with van der Waals surface area (Å²) in [7, 11) is 0. The second kappa shape index (κ2) is 7.62. The summed E-state index contributed by atoms with van der Waals surface area (Å²) in [4.78, 5) is 2.39. The van der Waals surface area contributed by atoms with Gasteiger partial charge in [0.2, 0.25) is 0 Å². The molecule has 1 aromatic heterocycles. The fourth-order valence-corrected chi connectivity index (χ4v) is 2.52. The summed E-state index contributed by atoms with van der Waals surface area (Å²) >= 11 is 0. The van der Waals surface area contributed by atoms with Crippen molar-refractivity contribution in [3.05, 3.63) is 17.5 Å². The molecule has 1 N–H and O–H groups in total. The van der Waals surface area contributed by atoms with Gasteiger partial charge in [0.05, 0.1) is 18.3 Å². The summed E-state index contributed by atoms with van der Waals surface area (Å²) < 4.78 is 11.1. The highest BCUT2D eigenvalue weighted by molar-refractivity contribution is 5.05. The zero-order chi connectivity index (χ0) is 13.5. The second-order valence-corrected chi connectivity index (χ2v) is 5.02. The standard InChI is InChI=1S/C14H25N3O2/c1-3-15-9-12-8-14(19-16-12)11-17-7-5-6-13(10-17)18-4-2/h8,13,15H,3-7,9-11H2,1-2H3. The first kappa shape index (κ1) is 14.5. The predicted octanol–water partition coefficient (Wildman–Crippen LogP) is 1.78. The van der Waals surface area contributed by atoms with Crippen molar-refractivity contribution >= 4 is 0 Å². The van der Waals surface area contributed by atoms with Crippen LogP contribution in [-0.2, 0) is 17.8 Å². The first-order valence-corrected chi connectivity index (χ1v) is 7.31. The van der Waals surface area contributed by atoms with Crippen molar-refractivity contribution in [2.24, 2.45) is 0 Å². The molecule has 0 bridgehead atoms.